The van der Waals surface area contributed by atoms with Crippen LogP contribution in [0.25, 0.3) is 0 Å². The van der Waals surface area contributed by atoms with Crippen LogP contribution in [0.3, 0.4) is 0 Å². The first-order valence-corrected chi connectivity index (χ1v) is 6.88. The van der Waals surface area contributed by atoms with E-state index in [4.69, 9.17) is 10.8 Å². The molecule has 0 aromatic heterocycles. The van der Waals surface area contributed by atoms with E-state index in [1.807, 2.05) is 0 Å². The molecule has 9 heteroatoms. The van der Waals surface area contributed by atoms with Gasteiger partial charge in [-0.2, -0.15) is 0 Å². The Morgan fingerprint density at radius 3 is 2.40 bits per heavy atom. The van der Waals surface area contributed by atoms with Gasteiger partial charge >= 0.3 is 12.0 Å². The van der Waals surface area contributed by atoms with Gasteiger partial charge in [0.15, 0.2) is 9.84 Å². The van der Waals surface area contributed by atoms with E-state index in [9.17, 15) is 22.8 Å². The van der Waals surface area contributed by atoms with Crippen molar-refractivity contribution in [3.8, 4) is 0 Å². The molecule has 1 rings (SSSR count). The first-order valence-electron chi connectivity index (χ1n) is 5.34. The number of nitrogens with one attached hydrogen (secondary N) is 1. The van der Waals surface area contributed by atoms with E-state index >= 15 is 0 Å². The molecule has 0 aliphatic heterocycles. The highest BCUT2D eigenvalue weighted by Crippen LogP contribution is 2.17. The van der Waals surface area contributed by atoms with Gasteiger partial charge in [0.2, 0.25) is 5.91 Å². The Kier molecular flexibility index (Phi) is 4.45. The van der Waals surface area contributed by atoms with Crippen LogP contribution in [0.2, 0.25) is 0 Å². The number of benzene rings is 1. The molecule has 0 fully saturated rings. The van der Waals surface area contributed by atoms with Crippen molar-refractivity contribution in [2.75, 3.05) is 0 Å². The maximum Gasteiger partial charge on any atom is 0.335 e. The number of rotatable bonds is 4. The van der Waals surface area contributed by atoms with Crippen LogP contribution >= 0.6 is 0 Å². The van der Waals surface area contributed by atoms with E-state index in [1.54, 1.807) is 5.32 Å². The lowest BCUT2D eigenvalue weighted by Gasteiger charge is -2.12. The minimum absolute atomic E-state index is 0.228. The molecule has 1 aromatic rings. The fraction of sp³-hybridized carbons (Fsp3) is 0.182. The Hall–Kier alpha value is -2.42. The number of hydrogen-bond acceptors (Lipinski definition) is 5. The van der Waals surface area contributed by atoms with Gasteiger partial charge in [-0.05, 0) is 25.1 Å². The third kappa shape index (κ3) is 3.32. The number of amides is 3. The summed E-state index contributed by atoms with van der Waals surface area (Å²) >= 11 is 0. The molecule has 0 aliphatic carbocycles. The summed E-state index contributed by atoms with van der Waals surface area (Å²) in [5.41, 5.74) is 4.51. The average molecular weight is 300 g/mol. The van der Waals surface area contributed by atoms with E-state index in [0.29, 0.717) is 0 Å². The topological polar surface area (TPSA) is 144 Å². The summed E-state index contributed by atoms with van der Waals surface area (Å²) < 4.78 is 24.2. The molecule has 1 unspecified atom stereocenters. The Morgan fingerprint density at radius 1 is 1.30 bits per heavy atom. The molecule has 0 spiro atoms. The highest BCUT2D eigenvalue weighted by Gasteiger charge is 2.30. The number of carbonyl (C=O) groups is 3. The van der Waals surface area contributed by atoms with E-state index in [1.165, 1.54) is 12.1 Å². The van der Waals surface area contributed by atoms with Gasteiger partial charge in [-0.15, -0.1) is 0 Å². The van der Waals surface area contributed by atoms with Crippen LogP contribution in [-0.4, -0.2) is 36.7 Å². The summed E-state index contributed by atoms with van der Waals surface area (Å²) in [5.74, 6) is -2.38. The second kappa shape index (κ2) is 5.70. The van der Waals surface area contributed by atoms with Gasteiger partial charge in [0.1, 0.15) is 5.25 Å². The average Bonchev–Trinajstić information content (AvgIpc) is 2.37. The predicted molar refractivity (Wildman–Crippen MR) is 67.8 cm³/mol. The summed E-state index contributed by atoms with van der Waals surface area (Å²) in [5, 5.41) is 8.88. The summed E-state index contributed by atoms with van der Waals surface area (Å²) in [6.07, 6.45) is 0. The molecule has 108 valence electrons. The number of hydrogen-bond donors (Lipinski definition) is 3. The quantitative estimate of drug-likeness (QED) is 0.699. The number of imide groups is 1. The highest BCUT2D eigenvalue weighted by atomic mass is 32.2. The largest absolute Gasteiger partial charge is 0.478 e. The summed E-state index contributed by atoms with van der Waals surface area (Å²) in [7, 11) is -4.12. The van der Waals surface area contributed by atoms with Crippen molar-refractivity contribution in [1.29, 1.82) is 0 Å². The van der Waals surface area contributed by atoms with Crippen LogP contribution in [-0.2, 0) is 14.6 Å². The minimum atomic E-state index is -4.12. The second-order valence-electron chi connectivity index (χ2n) is 3.87. The fourth-order valence-electron chi connectivity index (χ4n) is 1.37. The number of sulfone groups is 1. The summed E-state index contributed by atoms with van der Waals surface area (Å²) in [6.45, 7) is 1.07. The van der Waals surface area contributed by atoms with Gasteiger partial charge < -0.3 is 10.8 Å². The molecule has 20 heavy (non-hydrogen) atoms. The minimum Gasteiger partial charge on any atom is -0.478 e. The molecule has 0 heterocycles. The van der Waals surface area contributed by atoms with Crippen molar-refractivity contribution in [2.24, 2.45) is 5.73 Å². The van der Waals surface area contributed by atoms with Gasteiger partial charge in [0, 0.05) is 0 Å². The molecule has 0 saturated heterocycles. The van der Waals surface area contributed by atoms with Crippen LogP contribution in [0.15, 0.2) is 29.2 Å². The Labute approximate surface area is 114 Å². The van der Waals surface area contributed by atoms with E-state index < -0.39 is 33.0 Å². The van der Waals surface area contributed by atoms with Crippen molar-refractivity contribution >= 4 is 27.7 Å². The van der Waals surface area contributed by atoms with Crippen LogP contribution in [0.5, 0.6) is 0 Å². The molecule has 0 bridgehead atoms. The zero-order valence-corrected chi connectivity index (χ0v) is 11.2. The molecule has 8 nitrogen and oxygen atoms in total. The highest BCUT2D eigenvalue weighted by molar-refractivity contribution is 7.92. The van der Waals surface area contributed by atoms with Crippen molar-refractivity contribution in [3.63, 3.8) is 0 Å². The van der Waals surface area contributed by atoms with Crippen LogP contribution < -0.4 is 11.1 Å². The maximum absolute atomic E-state index is 12.1. The zero-order valence-electron chi connectivity index (χ0n) is 10.4. The monoisotopic (exact) mass is 300 g/mol. The first-order chi connectivity index (χ1) is 9.16. The third-order valence-electron chi connectivity index (χ3n) is 2.49. The van der Waals surface area contributed by atoms with Crippen molar-refractivity contribution < 1.29 is 27.9 Å². The lowest BCUT2D eigenvalue weighted by molar-refractivity contribution is -0.119. The number of aromatic carboxylic acids is 1. The molecular weight excluding hydrogens is 288 g/mol. The molecule has 1 aromatic carbocycles. The molecule has 4 N–H and O–H groups in total. The number of primary amides is 1. The van der Waals surface area contributed by atoms with Gasteiger partial charge in [-0.3, -0.25) is 10.1 Å². The molecule has 3 amide bonds. The Bertz CT molecular complexity index is 667. The standard InChI is InChI=1S/C11H12N2O6S/c1-6(9(14)13-11(12)17)20(18,19)8-4-2-3-7(5-8)10(15)16/h2-6H,1H3,(H,15,16)(H3,12,13,14,17). The molecule has 0 aliphatic rings. The van der Waals surface area contributed by atoms with Crippen LogP contribution in [0.4, 0.5) is 4.79 Å². The SMILES string of the molecule is CC(C(=O)NC(N)=O)S(=O)(=O)c1cccc(C(=O)O)c1. The zero-order chi connectivity index (χ0) is 15.5. The number of carbonyl (C=O) groups excluding carboxylic acids is 2. The van der Waals surface area contributed by atoms with Crippen molar-refractivity contribution in [1.82, 2.24) is 5.32 Å². The number of carboxylic acid groups (broad SMARTS) is 1. The van der Waals surface area contributed by atoms with E-state index in [2.05, 4.69) is 0 Å². The second-order valence-corrected chi connectivity index (χ2v) is 6.14. The normalized spacial score (nSPS) is 12.4. The molecule has 0 radical (unpaired) electrons. The number of nitrogens with two attached hydrogens (primary N) is 1. The lowest BCUT2D eigenvalue weighted by Crippen LogP contribution is -2.43. The number of urea groups is 1. The third-order valence-corrected chi connectivity index (χ3v) is 4.55. The van der Waals surface area contributed by atoms with Crippen LogP contribution in [0, 0.1) is 0 Å². The van der Waals surface area contributed by atoms with Gasteiger partial charge in [-0.25, -0.2) is 18.0 Å². The molecular formula is C11H12N2O6S. The van der Waals surface area contributed by atoms with Gasteiger partial charge in [0.05, 0.1) is 10.5 Å². The van der Waals surface area contributed by atoms with Crippen molar-refractivity contribution in [3.05, 3.63) is 29.8 Å². The van der Waals surface area contributed by atoms with Crippen LogP contribution in [0.1, 0.15) is 17.3 Å². The Balaban J connectivity index is 3.16. The fourth-order valence-corrected chi connectivity index (χ4v) is 2.68. The summed E-state index contributed by atoms with van der Waals surface area (Å²) in [6, 6.07) is 3.39. The van der Waals surface area contributed by atoms with E-state index in [0.717, 1.165) is 19.1 Å². The maximum atomic E-state index is 12.1. The van der Waals surface area contributed by atoms with Gasteiger partial charge in [-0.1, -0.05) is 6.07 Å². The Morgan fingerprint density at radius 2 is 1.90 bits per heavy atom. The lowest BCUT2D eigenvalue weighted by atomic mass is 10.2. The van der Waals surface area contributed by atoms with Crippen molar-refractivity contribution in [2.45, 2.75) is 17.1 Å². The van der Waals surface area contributed by atoms with Gasteiger partial charge in [0.25, 0.3) is 0 Å². The molecule has 0 saturated carbocycles. The number of carboxylic acids is 1. The predicted octanol–water partition coefficient (Wildman–Crippen LogP) is -0.258. The first kappa shape index (κ1) is 15.6. The summed E-state index contributed by atoms with van der Waals surface area (Å²) in [4.78, 5) is 32.5. The molecule has 1 atom stereocenters. The smallest absolute Gasteiger partial charge is 0.335 e. The van der Waals surface area contributed by atoms with E-state index in [-0.39, 0.29) is 10.5 Å².